The van der Waals surface area contributed by atoms with Gasteiger partial charge in [-0.1, -0.05) is 48.2 Å². The average molecular weight is 682 g/mol. The van der Waals surface area contributed by atoms with Crippen molar-refractivity contribution in [2.75, 3.05) is 0 Å². The Balaban J connectivity index is 0.000000375. The van der Waals surface area contributed by atoms with Crippen molar-refractivity contribution in [1.29, 1.82) is 0 Å². The molecule has 0 spiro atoms. The Morgan fingerprint density at radius 3 is 2.39 bits per heavy atom. The Kier molecular flexibility index (Phi) is 7.91. The van der Waals surface area contributed by atoms with Gasteiger partial charge in [0.2, 0.25) is 5.71 Å². The van der Waals surface area contributed by atoms with E-state index in [0.717, 1.165) is 61.2 Å². The van der Waals surface area contributed by atoms with Crippen LogP contribution in [0.5, 0.6) is 0 Å². The summed E-state index contributed by atoms with van der Waals surface area (Å²) in [5, 5.41) is 11.4. The number of carbonyl (C=O) groups excluding carboxylic acids is 1. The van der Waals surface area contributed by atoms with Crippen LogP contribution in [0.2, 0.25) is 0 Å². The number of pyridine rings is 2. The summed E-state index contributed by atoms with van der Waals surface area (Å²) < 4.78 is 12.5. The van der Waals surface area contributed by atoms with Crippen LogP contribution in [0.4, 0.5) is 0 Å². The molecule has 1 radical (unpaired) electrons. The van der Waals surface area contributed by atoms with Gasteiger partial charge in [-0.25, -0.2) is 4.98 Å². The predicted octanol–water partition coefficient (Wildman–Crippen LogP) is 7.91. The van der Waals surface area contributed by atoms with Gasteiger partial charge in [-0.3, -0.25) is 4.79 Å². The first-order chi connectivity index (χ1) is 17.8. The largest absolute Gasteiger partial charge is 0.512 e. The molecule has 6 aromatic rings. The fourth-order valence-electron chi connectivity index (χ4n) is 4.27. The minimum Gasteiger partial charge on any atom is -0.512 e. The van der Waals surface area contributed by atoms with Crippen molar-refractivity contribution in [3.63, 3.8) is 0 Å². The van der Waals surface area contributed by atoms with E-state index in [2.05, 4.69) is 28.2 Å². The van der Waals surface area contributed by atoms with Gasteiger partial charge >= 0.3 is 0 Å². The van der Waals surface area contributed by atoms with Gasteiger partial charge in [-0.15, -0.1) is 17.7 Å². The Hall–Kier alpha value is -4.06. The molecule has 0 aliphatic carbocycles. The molecule has 0 aliphatic rings. The van der Waals surface area contributed by atoms with Crippen LogP contribution in [0.25, 0.3) is 55.6 Å². The van der Waals surface area contributed by atoms with Crippen LogP contribution in [0.3, 0.4) is 0 Å². The number of benzene rings is 2. The van der Waals surface area contributed by atoms with E-state index in [9.17, 15) is 4.79 Å². The van der Waals surface area contributed by atoms with Crippen molar-refractivity contribution in [2.45, 2.75) is 27.7 Å². The number of allylic oxidation sites excluding steroid dienone is 2. The molecule has 0 fully saturated rings. The molecule has 0 saturated heterocycles. The van der Waals surface area contributed by atoms with Gasteiger partial charge in [0.15, 0.2) is 5.78 Å². The number of aliphatic hydroxyl groups is 1. The molecule has 38 heavy (non-hydrogen) atoms. The Morgan fingerprint density at radius 1 is 0.947 bits per heavy atom. The summed E-state index contributed by atoms with van der Waals surface area (Å²) in [7, 11) is 0. The molecule has 193 valence electrons. The second-order valence-corrected chi connectivity index (χ2v) is 8.93. The van der Waals surface area contributed by atoms with Gasteiger partial charge in [0.1, 0.15) is 11.3 Å². The molecule has 7 heteroatoms. The van der Waals surface area contributed by atoms with Crippen molar-refractivity contribution in [1.82, 2.24) is 9.97 Å². The van der Waals surface area contributed by atoms with Crippen LogP contribution >= 0.6 is 0 Å². The number of aliphatic hydroxyl groups excluding tert-OH is 1. The van der Waals surface area contributed by atoms with Gasteiger partial charge in [0, 0.05) is 60.1 Å². The minimum absolute atomic E-state index is 0. The van der Waals surface area contributed by atoms with E-state index < -0.39 is 0 Å². The zero-order valence-electron chi connectivity index (χ0n) is 21.3. The van der Waals surface area contributed by atoms with Crippen LogP contribution in [0.15, 0.2) is 87.5 Å². The normalized spacial score (nSPS) is 11.3. The fraction of sp³-hybridized carbons (Fsp3) is 0.129. The zero-order valence-corrected chi connectivity index (χ0v) is 23.7. The number of hydrogen-bond donors (Lipinski definition) is 1. The van der Waals surface area contributed by atoms with Gasteiger partial charge in [0.25, 0.3) is 0 Å². The number of furan rings is 2. The van der Waals surface area contributed by atoms with E-state index in [0.29, 0.717) is 5.71 Å². The summed E-state index contributed by atoms with van der Waals surface area (Å²) in [6, 6.07) is 23.7. The van der Waals surface area contributed by atoms with Crippen LogP contribution in [0, 0.1) is 19.9 Å². The summed E-state index contributed by atoms with van der Waals surface area (Å²) >= 11 is 0. The van der Waals surface area contributed by atoms with Gasteiger partial charge in [-0.2, -0.15) is 0 Å². The topological polar surface area (TPSA) is 89.4 Å². The van der Waals surface area contributed by atoms with E-state index in [1.54, 1.807) is 6.20 Å². The fourth-order valence-corrected chi connectivity index (χ4v) is 4.27. The standard InChI is InChI=1S/C26H17N2O2.C5H8O2.Ir/c1-15-12-20-19-9-8-16(2)28-26(19)30-25(20)21(13-15)23-24-18(10-11-27-23)14-22(29-24)17-6-4-3-5-7-17;1-4(6)3-5(2)7;/h3-12,14H,1-2H3;3,6H,1-2H3;/q-1;;/b;4-3-;. The molecule has 0 atom stereocenters. The molecule has 1 N–H and O–H groups in total. The number of rotatable bonds is 3. The molecule has 4 aromatic heterocycles. The number of nitrogens with zero attached hydrogens (tertiary/aromatic N) is 2. The first kappa shape index (κ1) is 27.0. The Labute approximate surface area is 233 Å². The van der Waals surface area contributed by atoms with Crippen molar-refractivity contribution < 1.29 is 38.8 Å². The third kappa shape index (κ3) is 5.44. The average Bonchev–Trinajstić information content (AvgIpc) is 3.45. The van der Waals surface area contributed by atoms with Crippen molar-refractivity contribution in [3.8, 4) is 22.6 Å². The number of ketones is 1. The molecule has 6 nitrogen and oxygen atoms in total. The van der Waals surface area contributed by atoms with Gasteiger partial charge < -0.3 is 18.9 Å². The van der Waals surface area contributed by atoms with E-state index in [1.807, 2.05) is 62.4 Å². The van der Waals surface area contributed by atoms with Crippen molar-refractivity contribution >= 4 is 38.8 Å². The predicted molar refractivity (Wildman–Crippen MR) is 145 cm³/mol. The molecule has 6 rings (SSSR count). The van der Waals surface area contributed by atoms with Crippen LogP contribution < -0.4 is 0 Å². The molecule has 0 unspecified atom stereocenters. The van der Waals surface area contributed by atoms with Gasteiger partial charge in [-0.05, 0) is 45.0 Å². The summed E-state index contributed by atoms with van der Waals surface area (Å²) in [5.41, 5.74) is 6.55. The summed E-state index contributed by atoms with van der Waals surface area (Å²) in [4.78, 5) is 19.2. The van der Waals surface area contributed by atoms with Crippen LogP contribution in [-0.4, -0.2) is 20.9 Å². The maximum Gasteiger partial charge on any atom is 0.216 e. The Bertz CT molecular complexity index is 1800. The number of fused-ring (bicyclic) bond motifs is 4. The first-order valence-electron chi connectivity index (χ1n) is 11.8. The third-order valence-electron chi connectivity index (χ3n) is 5.78. The zero-order chi connectivity index (χ0) is 26.1. The number of aromatic nitrogens is 2. The summed E-state index contributed by atoms with van der Waals surface area (Å²) in [5.74, 6) is 0.748. The summed E-state index contributed by atoms with van der Waals surface area (Å²) in [6.07, 6.45) is 2.97. The maximum atomic E-state index is 10.0. The Morgan fingerprint density at radius 2 is 1.71 bits per heavy atom. The van der Waals surface area contributed by atoms with E-state index in [4.69, 9.17) is 13.9 Å². The number of aryl methyl sites for hydroxylation is 2. The number of hydrogen-bond acceptors (Lipinski definition) is 6. The molecular weight excluding hydrogens is 657 g/mol. The molecule has 0 bridgehead atoms. The molecular formula is C31H25IrN2O4-. The molecule has 4 heterocycles. The second kappa shape index (κ2) is 11.1. The maximum absolute atomic E-state index is 10.0. The van der Waals surface area contributed by atoms with Crippen molar-refractivity contribution in [2.24, 2.45) is 0 Å². The van der Waals surface area contributed by atoms with E-state index in [-0.39, 0.29) is 31.6 Å². The van der Waals surface area contributed by atoms with E-state index >= 15 is 0 Å². The van der Waals surface area contributed by atoms with Crippen LogP contribution in [-0.2, 0) is 24.9 Å². The monoisotopic (exact) mass is 682 g/mol. The van der Waals surface area contributed by atoms with Crippen molar-refractivity contribution in [3.05, 3.63) is 96.0 Å². The smallest absolute Gasteiger partial charge is 0.216 e. The SMILES string of the molecule is CC(=O)/C=C(/C)O.Cc1[c-]c(-c2nccc3cc(-c4ccccc4)oc23)c2oc3nc(C)ccc3c2c1.[Ir]. The quantitative estimate of drug-likeness (QED) is 0.116. The molecule has 0 saturated carbocycles. The summed E-state index contributed by atoms with van der Waals surface area (Å²) in [6.45, 7) is 6.84. The molecule has 2 aromatic carbocycles. The van der Waals surface area contributed by atoms with E-state index in [1.165, 1.54) is 19.9 Å². The first-order valence-corrected chi connectivity index (χ1v) is 11.8. The third-order valence-corrected chi connectivity index (χ3v) is 5.78. The number of carbonyl (C=O) groups is 1. The van der Waals surface area contributed by atoms with Crippen LogP contribution in [0.1, 0.15) is 25.1 Å². The second-order valence-electron chi connectivity index (χ2n) is 8.93. The minimum atomic E-state index is -0.125. The molecule has 0 aliphatic heterocycles. The van der Waals surface area contributed by atoms with Gasteiger partial charge in [0.05, 0.1) is 11.3 Å². The molecule has 0 amide bonds.